The Bertz CT molecular complexity index is 1090. The minimum atomic E-state index is -0.558. The van der Waals surface area contributed by atoms with Gasteiger partial charge in [-0.15, -0.1) is 0 Å². The highest BCUT2D eigenvalue weighted by atomic mass is 19.1. The second kappa shape index (κ2) is 7.16. The van der Waals surface area contributed by atoms with Crippen molar-refractivity contribution >= 4 is 11.9 Å². The minimum absolute atomic E-state index is 0.0167. The van der Waals surface area contributed by atoms with E-state index in [2.05, 4.69) is 25.1 Å². The standard InChI is InChI=1S/C21H22FN7O/c1-13-8-23-21(26-14(13)2)28-11-15-9-27(10-16(15)12-28)20(30)19-17(22)4-3-5-18(19)29-24-6-7-25-29/h3-8,15-16H,9-12H2,1-2H3. The molecule has 2 fully saturated rings. The first-order valence-corrected chi connectivity index (χ1v) is 10.0. The first-order chi connectivity index (χ1) is 14.5. The van der Waals surface area contributed by atoms with E-state index in [9.17, 15) is 9.18 Å². The lowest BCUT2D eigenvalue weighted by Gasteiger charge is -2.23. The van der Waals surface area contributed by atoms with Crippen molar-refractivity contribution in [1.82, 2.24) is 29.9 Å². The summed E-state index contributed by atoms with van der Waals surface area (Å²) in [5.41, 5.74) is 2.42. The maximum atomic E-state index is 14.6. The molecule has 2 atom stereocenters. The molecule has 5 rings (SSSR count). The first kappa shape index (κ1) is 18.7. The number of aromatic nitrogens is 5. The van der Waals surface area contributed by atoms with E-state index in [0.717, 1.165) is 30.3 Å². The number of aryl methyl sites for hydroxylation is 2. The van der Waals surface area contributed by atoms with Crippen LogP contribution in [0.2, 0.25) is 0 Å². The number of hydrogen-bond donors (Lipinski definition) is 0. The van der Waals surface area contributed by atoms with Gasteiger partial charge in [0.05, 0.1) is 12.4 Å². The van der Waals surface area contributed by atoms with Crippen molar-refractivity contribution in [2.24, 2.45) is 11.8 Å². The van der Waals surface area contributed by atoms with Gasteiger partial charge in [-0.2, -0.15) is 15.0 Å². The number of carbonyl (C=O) groups excluding carboxylic acids is 1. The molecule has 2 saturated heterocycles. The fourth-order valence-corrected chi connectivity index (χ4v) is 4.38. The number of likely N-dealkylation sites (tertiary alicyclic amines) is 1. The molecular formula is C21H22FN7O. The van der Waals surface area contributed by atoms with Crippen molar-refractivity contribution < 1.29 is 9.18 Å². The van der Waals surface area contributed by atoms with Crippen LogP contribution >= 0.6 is 0 Å². The summed E-state index contributed by atoms with van der Waals surface area (Å²) in [4.78, 5) is 27.5. The van der Waals surface area contributed by atoms with E-state index >= 15 is 0 Å². The highest BCUT2D eigenvalue weighted by molar-refractivity contribution is 5.98. The number of hydrogen-bond acceptors (Lipinski definition) is 6. The number of fused-ring (bicyclic) bond motifs is 1. The maximum Gasteiger partial charge on any atom is 0.259 e. The second-order valence-electron chi connectivity index (χ2n) is 8.03. The second-order valence-corrected chi connectivity index (χ2v) is 8.03. The summed E-state index contributed by atoms with van der Waals surface area (Å²) in [6.07, 6.45) is 4.86. The highest BCUT2D eigenvalue weighted by Crippen LogP contribution is 2.34. The first-order valence-electron chi connectivity index (χ1n) is 10.0. The van der Waals surface area contributed by atoms with Gasteiger partial charge in [0.2, 0.25) is 5.95 Å². The molecule has 1 amide bonds. The van der Waals surface area contributed by atoms with Gasteiger partial charge in [-0.25, -0.2) is 14.4 Å². The molecule has 154 valence electrons. The summed E-state index contributed by atoms with van der Waals surface area (Å²) in [6.45, 7) is 6.75. The van der Waals surface area contributed by atoms with Crippen molar-refractivity contribution in [2.45, 2.75) is 13.8 Å². The van der Waals surface area contributed by atoms with Crippen molar-refractivity contribution in [2.75, 3.05) is 31.1 Å². The van der Waals surface area contributed by atoms with Gasteiger partial charge in [0.25, 0.3) is 5.91 Å². The van der Waals surface area contributed by atoms with Gasteiger partial charge in [-0.05, 0) is 31.5 Å². The topological polar surface area (TPSA) is 80.0 Å². The van der Waals surface area contributed by atoms with E-state index in [-0.39, 0.29) is 11.5 Å². The summed E-state index contributed by atoms with van der Waals surface area (Å²) in [6, 6.07) is 4.52. The van der Waals surface area contributed by atoms with E-state index in [1.807, 2.05) is 20.0 Å². The van der Waals surface area contributed by atoms with Gasteiger partial charge in [0, 0.05) is 49.9 Å². The van der Waals surface area contributed by atoms with Crippen LogP contribution in [0.15, 0.2) is 36.8 Å². The zero-order chi connectivity index (χ0) is 20.8. The zero-order valence-electron chi connectivity index (χ0n) is 16.9. The molecule has 0 aliphatic carbocycles. The molecule has 0 N–H and O–H groups in total. The van der Waals surface area contributed by atoms with Gasteiger partial charge in [0.1, 0.15) is 17.1 Å². The number of amides is 1. The third-order valence-electron chi connectivity index (χ3n) is 6.11. The molecule has 30 heavy (non-hydrogen) atoms. The summed E-state index contributed by atoms with van der Waals surface area (Å²) >= 11 is 0. The zero-order valence-corrected chi connectivity index (χ0v) is 16.9. The Morgan fingerprint density at radius 1 is 1.07 bits per heavy atom. The van der Waals surface area contributed by atoms with E-state index in [1.54, 1.807) is 17.0 Å². The summed E-state index contributed by atoms with van der Waals surface area (Å²) in [5.74, 6) is 0.502. The molecule has 0 spiro atoms. The lowest BCUT2D eigenvalue weighted by molar-refractivity contribution is 0.0777. The molecular weight excluding hydrogens is 385 g/mol. The van der Waals surface area contributed by atoms with E-state index < -0.39 is 5.82 Å². The van der Waals surface area contributed by atoms with Crippen LogP contribution in [0.1, 0.15) is 21.6 Å². The predicted octanol–water partition coefficient (Wildman–Crippen LogP) is 2.02. The van der Waals surface area contributed by atoms with Gasteiger partial charge in [-0.1, -0.05) is 6.07 Å². The molecule has 1 aromatic carbocycles. The smallest absolute Gasteiger partial charge is 0.259 e. The van der Waals surface area contributed by atoms with Crippen LogP contribution < -0.4 is 4.90 Å². The number of benzene rings is 1. The van der Waals surface area contributed by atoms with Crippen LogP contribution in [0.3, 0.4) is 0 Å². The molecule has 0 radical (unpaired) electrons. The number of anilines is 1. The van der Waals surface area contributed by atoms with Gasteiger partial charge < -0.3 is 9.80 Å². The SMILES string of the molecule is Cc1cnc(N2CC3CN(C(=O)c4c(F)cccc4-n4nccn4)CC3C2)nc1C. The van der Waals surface area contributed by atoms with Crippen molar-refractivity contribution in [1.29, 1.82) is 0 Å². The molecule has 9 heteroatoms. The molecule has 2 aliphatic rings. The molecule has 2 aromatic heterocycles. The number of rotatable bonds is 3. The third-order valence-corrected chi connectivity index (χ3v) is 6.11. The summed E-state index contributed by atoms with van der Waals surface area (Å²) in [7, 11) is 0. The molecule has 2 unspecified atom stereocenters. The molecule has 2 aliphatic heterocycles. The predicted molar refractivity (Wildman–Crippen MR) is 108 cm³/mol. The quantitative estimate of drug-likeness (QED) is 0.661. The van der Waals surface area contributed by atoms with Crippen molar-refractivity contribution in [3.8, 4) is 5.69 Å². The van der Waals surface area contributed by atoms with Crippen molar-refractivity contribution in [3.05, 3.63) is 59.4 Å². The van der Waals surface area contributed by atoms with Crippen molar-refractivity contribution in [3.63, 3.8) is 0 Å². The maximum absolute atomic E-state index is 14.6. The Labute approximate surface area is 173 Å². The third kappa shape index (κ3) is 3.10. The lowest BCUT2D eigenvalue weighted by Crippen LogP contribution is -2.35. The van der Waals surface area contributed by atoms with Crippen LogP contribution in [-0.2, 0) is 0 Å². The Balaban J connectivity index is 1.34. The highest BCUT2D eigenvalue weighted by Gasteiger charge is 2.43. The Kier molecular flexibility index (Phi) is 4.45. The van der Waals surface area contributed by atoms with Gasteiger partial charge in [0.15, 0.2) is 0 Å². The molecule has 0 bridgehead atoms. The molecule has 3 aromatic rings. The van der Waals surface area contributed by atoms with Crippen LogP contribution in [0.5, 0.6) is 0 Å². The monoisotopic (exact) mass is 407 g/mol. The van der Waals surface area contributed by atoms with Crippen LogP contribution in [0.4, 0.5) is 10.3 Å². The van der Waals surface area contributed by atoms with Crippen LogP contribution in [0, 0.1) is 31.5 Å². The lowest BCUT2D eigenvalue weighted by atomic mass is 10.0. The van der Waals surface area contributed by atoms with Crippen LogP contribution in [0.25, 0.3) is 5.69 Å². The minimum Gasteiger partial charge on any atom is -0.340 e. The Morgan fingerprint density at radius 3 is 2.43 bits per heavy atom. The molecule has 8 nitrogen and oxygen atoms in total. The van der Waals surface area contributed by atoms with Crippen LogP contribution in [-0.4, -0.2) is 61.9 Å². The van der Waals surface area contributed by atoms with E-state index in [4.69, 9.17) is 0 Å². The fraction of sp³-hybridized carbons (Fsp3) is 0.381. The van der Waals surface area contributed by atoms with Gasteiger partial charge in [-0.3, -0.25) is 4.79 Å². The average Bonchev–Trinajstić information content (AvgIpc) is 3.45. The molecule has 0 saturated carbocycles. The normalized spacial score (nSPS) is 20.6. The number of halogens is 1. The Morgan fingerprint density at radius 2 is 1.77 bits per heavy atom. The van der Waals surface area contributed by atoms with E-state index in [0.29, 0.717) is 30.6 Å². The summed E-state index contributed by atoms with van der Waals surface area (Å²) < 4.78 is 14.6. The Hall–Kier alpha value is -3.36. The molecule has 4 heterocycles. The summed E-state index contributed by atoms with van der Waals surface area (Å²) in [5, 5.41) is 8.12. The number of carbonyl (C=O) groups is 1. The number of nitrogens with zero attached hydrogens (tertiary/aromatic N) is 7. The van der Waals surface area contributed by atoms with Gasteiger partial charge >= 0.3 is 0 Å². The average molecular weight is 407 g/mol. The largest absolute Gasteiger partial charge is 0.340 e. The fourth-order valence-electron chi connectivity index (χ4n) is 4.38. The van der Waals surface area contributed by atoms with E-state index in [1.165, 1.54) is 23.3 Å².